The number of carbonyl (C=O) groups is 1. The Kier molecular flexibility index (Phi) is 6.02. The molecule has 1 amide bonds. The third-order valence-electron chi connectivity index (χ3n) is 6.97. The number of hydrogen-bond donors (Lipinski definition) is 1. The fourth-order valence-corrected chi connectivity index (χ4v) is 5.04. The molecule has 0 spiro atoms. The van der Waals surface area contributed by atoms with Gasteiger partial charge in [0.15, 0.2) is 5.75 Å². The molecule has 0 radical (unpaired) electrons. The minimum absolute atomic E-state index is 0.0782. The number of nitrogens with zero attached hydrogens (tertiary/aromatic N) is 2. The number of likely N-dealkylation sites (tertiary alicyclic amines) is 1. The first-order valence-corrected chi connectivity index (χ1v) is 11.5. The highest BCUT2D eigenvalue weighted by atomic mass is 19.1. The lowest BCUT2D eigenvalue weighted by Gasteiger charge is -2.34. The van der Waals surface area contributed by atoms with Gasteiger partial charge in [0, 0.05) is 37.3 Å². The van der Waals surface area contributed by atoms with Crippen LogP contribution in [0.3, 0.4) is 0 Å². The van der Waals surface area contributed by atoms with Crippen LogP contribution in [0.25, 0.3) is 0 Å². The summed E-state index contributed by atoms with van der Waals surface area (Å²) in [6.45, 7) is 4.49. The largest absolute Gasteiger partial charge is 0.494 e. The minimum atomic E-state index is -0.266. The lowest BCUT2D eigenvalue weighted by molar-refractivity contribution is 0.0780. The van der Waals surface area contributed by atoms with Crippen molar-refractivity contribution in [2.45, 2.75) is 31.7 Å². The first-order valence-electron chi connectivity index (χ1n) is 11.5. The third kappa shape index (κ3) is 4.32. The number of nitrogens with one attached hydrogen (secondary N) is 1. The lowest BCUT2D eigenvalue weighted by Crippen LogP contribution is -2.38. The number of carbonyl (C=O) groups excluding carboxylic acids is 1. The van der Waals surface area contributed by atoms with Crippen molar-refractivity contribution in [1.29, 1.82) is 0 Å². The number of benzene rings is 2. The summed E-state index contributed by atoms with van der Waals surface area (Å²) < 4.78 is 19.3. The van der Waals surface area contributed by atoms with Gasteiger partial charge in [-0.1, -0.05) is 12.1 Å². The molecule has 3 heterocycles. The van der Waals surface area contributed by atoms with E-state index in [0.717, 1.165) is 74.3 Å². The molecule has 6 nitrogen and oxygen atoms in total. The predicted octanol–water partition coefficient (Wildman–Crippen LogP) is 3.57. The van der Waals surface area contributed by atoms with E-state index in [4.69, 9.17) is 9.57 Å². The first kappa shape index (κ1) is 21.2. The van der Waals surface area contributed by atoms with Gasteiger partial charge in [-0.3, -0.25) is 4.79 Å². The van der Waals surface area contributed by atoms with Crippen molar-refractivity contribution >= 4 is 5.91 Å². The maximum Gasteiger partial charge on any atom is 0.254 e. The Bertz CT molecular complexity index is 990. The Balaban J connectivity index is 1.06. The van der Waals surface area contributed by atoms with E-state index in [9.17, 15) is 9.18 Å². The van der Waals surface area contributed by atoms with E-state index in [1.54, 1.807) is 4.90 Å². The molecule has 1 unspecified atom stereocenters. The van der Waals surface area contributed by atoms with E-state index < -0.39 is 0 Å². The zero-order valence-corrected chi connectivity index (χ0v) is 18.5. The summed E-state index contributed by atoms with van der Waals surface area (Å²) in [6, 6.07) is 10.8. The summed E-state index contributed by atoms with van der Waals surface area (Å²) in [6.07, 6.45) is 4.01. The zero-order chi connectivity index (χ0) is 22.1. The quantitative estimate of drug-likeness (QED) is 0.698. The van der Waals surface area contributed by atoms with E-state index in [1.807, 2.05) is 31.3 Å². The topological polar surface area (TPSA) is 54.0 Å². The Hall–Kier alpha value is -2.64. The molecule has 7 heteroatoms. The third-order valence-corrected chi connectivity index (χ3v) is 6.97. The number of hydrogen-bond acceptors (Lipinski definition) is 5. The van der Waals surface area contributed by atoms with Crippen LogP contribution in [-0.2, 0) is 6.42 Å². The van der Waals surface area contributed by atoms with Gasteiger partial charge >= 0.3 is 0 Å². The highest BCUT2D eigenvalue weighted by Crippen LogP contribution is 2.39. The molecule has 32 heavy (non-hydrogen) atoms. The Labute approximate surface area is 188 Å². The predicted molar refractivity (Wildman–Crippen MR) is 119 cm³/mol. The van der Waals surface area contributed by atoms with Crippen molar-refractivity contribution in [3.05, 3.63) is 58.9 Å². The van der Waals surface area contributed by atoms with Crippen molar-refractivity contribution in [3.8, 4) is 11.5 Å². The number of amides is 1. The number of likely N-dealkylation sites (N-methyl/N-ethyl adjacent to an activating group) is 1. The maximum atomic E-state index is 13.4. The van der Waals surface area contributed by atoms with Gasteiger partial charge in [-0.05, 0) is 68.5 Å². The monoisotopic (exact) mass is 439 g/mol. The van der Waals surface area contributed by atoms with Crippen LogP contribution in [0.2, 0.25) is 0 Å². The van der Waals surface area contributed by atoms with E-state index in [0.29, 0.717) is 18.3 Å². The van der Waals surface area contributed by atoms with Crippen LogP contribution >= 0.6 is 0 Å². The summed E-state index contributed by atoms with van der Waals surface area (Å²) in [4.78, 5) is 22.1. The van der Waals surface area contributed by atoms with Crippen molar-refractivity contribution < 1.29 is 18.8 Å². The van der Waals surface area contributed by atoms with Crippen LogP contribution in [0, 0.1) is 11.7 Å². The Morgan fingerprint density at radius 3 is 2.84 bits per heavy atom. The van der Waals surface area contributed by atoms with E-state index in [1.165, 1.54) is 12.1 Å². The first-order chi connectivity index (χ1) is 15.6. The summed E-state index contributed by atoms with van der Waals surface area (Å²) in [5, 5.41) is 0. The smallest absolute Gasteiger partial charge is 0.254 e. The van der Waals surface area contributed by atoms with Gasteiger partial charge in [0.2, 0.25) is 0 Å². The molecule has 3 aliphatic heterocycles. The Morgan fingerprint density at radius 1 is 1.16 bits per heavy atom. The molecule has 1 N–H and O–H groups in total. The van der Waals surface area contributed by atoms with Crippen molar-refractivity contribution in [2.75, 3.05) is 39.8 Å². The second-order valence-corrected chi connectivity index (χ2v) is 9.06. The highest BCUT2D eigenvalue weighted by Gasteiger charge is 2.33. The summed E-state index contributed by atoms with van der Waals surface area (Å²) in [5.74, 6) is 1.69. The number of halogens is 1. The fraction of sp³-hybridized carbons (Fsp3) is 0.480. The van der Waals surface area contributed by atoms with Crippen molar-refractivity contribution in [3.63, 3.8) is 0 Å². The van der Waals surface area contributed by atoms with E-state index in [2.05, 4.69) is 10.4 Å². The minimum Gasteiger partial charge on any atom is -0.494 e. The lowest BCUT2D eigenvalue weighted by atomic mass is 9.86. The number of hydroxylamine groups is 1. The average molecular weight is 440 g/mol. The molecule has 5 rings (SSSR count). The summed E-state index contributed by atoms with van der Waals surface area (Å²) in [7, 11) is 1.84. The molecule has 1 fully saturated rings. The molecule has 0 bridgehead atoms. The highest BCUT2D eigenvalue weighted by molar-refractivity contribution is 5.97. The Morgan fingerprint density at radius 2 is 2.00 bits per heavy atom. The second kappa shape index (κ2) is 9.08. The molecule has 2 aromatic carbocycles. The van der Waals surface area contributed by atoms with Crippen LogP contribution in [0.5, 0.6) is 11.5 Å². The number of rotatable bonds is 6. The number of fused-ring (bicyclic) bond motifs is 2. The van der Waals surface area contributed by atoms with Crippen molar-refractivity contribution in [2.24, 2.45) is 5.92 Å². The van der Waals surface area contributed by atoms with Gasteiger partial charge in [0.1, 0.15) is 11.6 Å². The molecular formula is C25H30FN3O3. The molecular weight excluding hydrogens is 409 g/mol. The van der Waals surface area contributed by atoms with Crippen LogP contribution in [0.15, 0.2) is 36.4 Å². The summed E-state index contributed by atoms with van der Waals surface area (Å²) >= 11 is 0. The average Bonchev–Trinajstić information content (AvgIpc) is 3.23. The van der Waals surface area contributed by atoms with Gasteiger partial charge in [-0.15, -0.1) is 5.48 Å². The molecule has 1 saturated heterocycles. The normalized spacial score (nSPS) is 21.2. The van der Waals surface area contributed by atoms with Crippen LogP contribution in [0.4, 0.5) is 4.39 Å². The molecule has 2 aromatic rings. The number of piperidine rings is 1. The standard InChI is InChI=1S/C25H30FN3O3/c1-28-11-7-17-3-5-20(16-22(17)25(28)30)31-14-2-10-29-12-8-18(9-13-29)24-21-6-4-19(26)15-23(21)32-27-24/h3-6,15-16,18,24,27H,2,7-14H2,1H3. The van der Waals surface area contributed by atoms with E-state index >= 15 is 0 Å². The molecule has 0 aromatic heterocycles. The zero-order valence-electron chi connectivity index (χ0n) is 18.5. The van der Waals surface area contributed by atoms with E-state index in [-0.39, 0.29) is 17.8 Å². The van der Waals surface area contributed by atoms with Crippen molar-refractivity contribution in [1.82, 2.24) is 15.3 Å². The second-order valence-electron chi connectivity index (χ2n) is 9.06. The van der Waals surface area contributed by atoms with Gasteiger partial charge in [0.25, 0.3) is 5.91 Å². The van der Waals surface area contributed by atoms with Gasteiger partial charge in [-0.2, -0.15) is 0 Å². The van der Waals surface area contributed by atoms with Crippen LogP contribution < -0.4 is 15.1 Å². The maximum absolute atomic E-state index is 13.4. The fourth-order valence-electron chi connectivity index (χ4n) is 5.04. The van der Waals surface area contributed by atoms with Crippen LogP contribution in [0.1, 0.15) is 46.8 Å². The molecule has 170 valence electrons. The SMILES string of the molecule is CN1CCc2ccc(OCCCN3CCC(C4NOc5cc(F)ccc54)CC3)cc2C1=O. The summed E-state index contributed by atoms with van der Waals surface area (Å²) in [5.41, 5.74) is 6.04. The molecule has 1 atom stereocenters. The molecule has 0 aliphatic carbocycles. The van der Waals surface area contributed by atoms with Gasteiger partial charge in [0.05, 0.1) is 12.6 Å². The molecule has 0 saturated carbocycles. The molecule has 3 aliphatic rings. The van der Waals surface area contributed by atoms with Crippen LogP contribution in [-0.4, -0.2) is 55.5 Å². The number of ether oxygens (including phenoxy) is 1. The van der Waals surface area contributed by atoms with Gasteiger partial charge < -0.3 is 19.4 Å². The van der Waals surface area contributed by atoms with Gasteiger partial charge in [-0.25, -0.2) is 4.39 Å².